The van der Waals surface area contributed by atoms with Gasteiger partial charge in [-0.05, 0) is 106 Å². The molecule has 236 valence electrons. The molecule has 0 aliphatic carbocycles. The normalized spacial score (nSPS) is 13.7. The minimum atomic E-state index is -0.460. The highest BCUT2D eigenvalue weighted by Gasteiger charge is 2.39. The second kappa shape index (κ2) is 11.3. The smallest absolute Gasteiger partial charge is 0.266 e. The fourth-order valence-electron chi connectivity index (χ4n) is 6.32. The maximum Gasteiger partial charge on any atom is 0.266 e. The van der Waals surface area contributed by atoms with Crippen molar-refractivity contribution in [2.24, 2.45) is 0 Å². The standard InChI is InChI=1S/C40H25ClN4O4/c41-35-21-27(9-18-36(35)45-38(47)32-17-8-26(20-34(32)40(45)49)23-3-12-29(43)13-4-23)24-5-14-30(15-6-24)44-37(46)31-16-7-25(19-33(31)39(44)48)22-1-10-28(42)11-2-22/h1-21H,42-43H2. The summed E-state index contributed by atoms with van der Waals surface area (Å²) in [7, 11) is 0. The van der Waals surface area contributed by atoms with E-state index in [-0.39, 0.29) is 10.7 Å². The molecule has 4 N–H and O–H groups in total. The molecule has 2 aliphatic rings. The summed E-state index contributed by atoms with van der Waals surface area (Å²) in [5, 5.41) is 0.215. The number of halogens is 1. The first-order chi connectivity index (χ1) is 23.7. The molecular formula is C40H25ClN4O4. The zero-order chi connectivity index (χ0) is 34.0. The van der Waals surface area contributed by atoms with Crippen LogP contribution in [-0.4, -0.2) is 23.6 Å². The summed E-state index contributed by atoms with van der Waals surface area (Å²) in [6.45, 7) is 0. The summed E-state index contributed by atoms with van der Waals surface area (Å²) in [6, 6.07) is 37.0. The number of rotatable bonds is 5. The summed E-state index contributed by atoms with van der Waals surface area (Å²) < 4.78 is 0. The predicted octanol–water partition coefficient (Wildman–Crippen LogP) is 8.11. The van der Waals surface area contributed by atoms with Crippen molar-refractivity contribution in [3.8, 4) is 33.4 Å². The van der Waals surface area contributed by atoms with Crippen LogP contribution < -0.4 is 21.3 Å². The Hall–Kier alpha value is -6.51. The Balaban J connectivity index is 1.03. The van der Waals surface area contributed by atoms with Crippen molar-refractivity contribution in [2.45, 2.75) is 0 Å². The van der Waals surface area contributed by atoms with Crippen LogP contribution >= 0.6 is 11.6 Å². The Labute approximate surface area is 285 Å². The third-order valence-electron chi connectivity index (χ3n) is 8.91. The number of fused-ring (bicyclic) bond motifs is 2. The monoisotopic (exact) mass is 660 g/mol. The number of carbonyl (C=O) groups excluding carboxylic acids is 4. The topological polar surface area (TPSA) is 127 Å². The molecule has 6 aromatic carbocycles. The maximum atomic E-state index is 13.5. The summed E-state index contributed by atoms with van der Waals surface area (Å²) in [6.07, 6.45) is 0. The molecule has 0 bridgehead atoms. The van der Waals surface area contributed by atoms with Crippen molar-refractivity contribution in [1.29, 1.82) is 0 Å². The van der Waals surface area contributed by atoms with Crippen molar-refractivity contribution < 1.29 is 19.2 Å². The molecule has 6 aromatic rings. The van der Waals surface area contributed by atoms with Crippen molar-refractivity contribution in [3.63, 3.8) is 0 Å². The zero-order valence-corrected chi connectivity index (χ0v) is 26.4. The van der Waals surface area contributed by atoms with Crippen molar-refractivity contribution in [3.05, 3.63) is 155 Å². The van der Waals surface area contributed by atoms with Crippen LogP contribution in [0.5, 0.6) is 0 Å². The third kappa shape index (κ3) is 4.94. The van der Waals surface area contributed by atoms with Gasteiger partial charge in [0, 0.05) is 11.4 Å². The lowest BCUT2D eigenvalue weighted by molar-refractivity contribution is 0.0910. The van der Waals surface area contributed by atoms with E-state index < -0.39 is 23.6 Å². The number of carbonyl (C=O) groups is 4. The highest BCUT2D eigenvalue weighted by molar-refractivity contribution is 6.40. The van der Waals surface area contributed by atoms with E-state index in [9.17, 15) is 19.2 Å². The second-order valence-corrected chi connectivity index (χ2v) is 12.3. The lowest BCUT2D eigenvalue weighted by Gasteiger charge is -2.17. The van der Waals surface area contributed by atoms with Crippen LogP contribution in [0, 0.1) is 0 Å². The van der Waals surface area contributed by atoms with E-state index in [1.807, 2.05) is 30.3 Å². The van der Waals surface area contributed by atoms with Gasteiger partial charge in [-0.1, -0.05) is 66.2 Å². The number of hydrogen-bond acceptors (Lipinski definition) is 6. The quantitative estimate of drug-likeness (QED) is 0.142. The minimum Gasteiger partial charge on any atom is -0.399 e. The first-order valence-corrected chi connectivity index (χ1v) is 15.7. The summed E-state index contributed by atoms with van der Waals surface area (Å²) in [4.78, 5) is 55.9. The molecule has 4 amide bonds. The average molecular weight is 661 g/mol. The van der Waals surface area contributed by atoms with Gasteiger partial charge in [-0.3, -0.25) is 19.2 Å². The molecule has 0 aromatic heterocycles. The van der Waals surface area contributed by atoms with E-state index in [1.54, 1.807) is 97.1 Å². The molecule has 0 saturated heterocycles. The summed E-state index contributed by atoms with van der Waals surface area (Å²) in [5.74, 6) is -1.72. The van der Waals surface area contributed by atoms with Gasteiger partial charge in [0.15, 0.2) is 0 Å². The molecule has 8 rings (SSSR count). The van der Waals surface area contributed by atoms with Crippen molar-refractivity contribution in [1.82, 2.24) is 0 Å². The van der Waals surface area contributed by atoms with Gasteiger partial charge in [0.1, 0.15) is 0 Å². The van der Waals surface area contributed by atoms with E-state index in [0.29, 0.717) is 39.3 Å². The van der Waals surface area contributed by atoms with Crippen LogP contribution in [0.15, 0.2) is 127 Å². The molecule has 49 heavy (non-hydrogen) atoms. The first-order valence-electron chi connectivity index (χ1n) is 15.4. The Bertz CT molecular complexity index is 2390. The van der Waals surface area contributed by atoms with Gasteiger partial charge in [-0.2, -0.15) is 0 Å². The number of amides is 4. The van der Waals surface area contributed by atoms with E-state index in [4.69, 9.17) is 23.1 Å². The molecule has 2 heterocycles. The average Bonchev–Trinajstić information content (AvgIpc) is 3.52. The van der Waals surface area contributed by atoms with Crippen LogP contribution in [0.2, 0.25) is 5.02 Å². The van der Waals surface area contributed by atoms with E-state index in [0.717, 1.165) is 43.2 Å². The highest BCUT2D eigenvalue weighted by Crippen LogP contribution is 2.38. The number of nitrogen functional groups attached to an aromatic ring is 2. The van der Waals surface area contributed by atoms with E-state index in [1.165, 1.54) is 0 Å². The van der Waals surface area contributed by atoms with Crippen LogP contribution in [0.3, 0.4) is 0 Å². The molecule has 0 fully saturated rings. The lowest BCUT2D eigenvalue weighted by Crippen LogP contribution is -2.29. The Morgan fingerprint density at radius 3 is 1.24 bits per heavy atom. The number of nitrogens with two attached hydrogens (primary N) is 2. The van der Waals surface area contributed by atoms with Crippen LogP contribution in [0.25, 0.3) is 33.4 Å². The molecule has 0 unspecified atom stereocenters. The highest BCUT2D eigenvalue weighted by atomic mass is 35.5. The number of nitrogens with zero attached hydrogens (tertiary/aromatic N) is 2. The Morgan fingerprint density at radius 2 is 0.755 bits per heavy atom. The molecule has 2 aliphatic heterocycles. The fraction of sp³-hybridized carbons (Fsp3) is 0. The van der Waals surface area contributed by atoms with Crippen molar-refractivity contribution >= 4 is 58.0 Å². The fourth-order valence-corrected chi connectivity index (χ4v) is 6.58. The number of anilines is 4. The Morgan fingerprint density at radius 1 is 0.388 bits per heavy atom. The van der Waals surface area contributed by atoms with Gasteiger partial charge in [-0.15, -0.1) is 0 Å². The van der Waals surface area contributed by atoms with E-state index in [2.05, 4.69) is 0 Å². The van der Waals surface area contributed by atoms with Crippen LogP contribution in [0.1, 0.15) is 41.4 Å². The number of benzene rings is 6. The molecule has 0 spiro atoms. The third-order valence-corrected chi connectivity index (χ3v) is 9.21. The van der Waals surface area contributed by atoms with Crippen LogP contribution in [0.4, 0.5) is 22.7 Å². The largest absolute Gasteiger partial charge is 0.399 e. The summed E-state index contributed by atoms with van der Waals surface area (Å²) >= 11 is 6.70. The lowest BCUT2D eigenvalue weighted by atomic mass is 10.00. The predicted molar refractivity (Wildman–Crippen MR) is 192 cm³/mol. The van der Waals surface area contributed by atoms with Gasteiger partial charge in [0.25, 0.3) is 23.6 Å². The minimum absolute atomic E-state index is 0.215. The zero-order valence-electron chi connectivity index (χ0n) is 25.7. The second-order valence-electron chi connectivity index (χ2n) is 11.9. The number of imide groups is 2. The molecule has 9 heteroatoms. The molecule has 0 saturated carbocycles. The first kappa shape index (κ1) is 29.9. The maximum absolute atomic E-state index is 13.5. The molecular weight excluding hydrogens is 636 g/mol. The van der Waals surface area contributed by atoms with E-state index >= 15 is 0 Å². The molecule has 0 atom stereocenters. The Kier molecular flexibility index (Phi) is 6.90. The van der Waals surface area contributed by atoms with Gasteiger partial charge in [0.2, 0.25) is 0 Å². The molecule has 8 nitrogen and oxygen atoms in total. The summed E-state index contributed by atoms with van der Waals surface area (Å²) in [5.41, 5.74) is 19.7. The van der Waals surface area contributed by atoms with Gasteiger partial charge < -0.3 is 11.5 Å². The molecule has 0 radical (unpaired) electrons. The van der Waals surface area contributed by atoms with Gasteiger partial charge in [-0.25, -0.2) is 9.80 Å². The van der Waals surface area contributed by atoms with Crippen LogP contribution in [-0.2, 0) is 0 Å². The number of hydrogen-bond donors (Lipinski definition) is 2. The SMILES string of the molecule is Nc1ccc(-c2ccc3c(c2)C(=O)N(c2ccc(-c4ccc(N5C(=O)c6ccc(-c7ccc(N)cc7)cc6C5=O)c(Cl)c4)cc2)C3=O)cc1. The van der Waals surface area contributed by atoms with Gasteiger partial charge in [0.05, 0.1) is 38.7 Å². The van der Waals surface area contributed by atoms with Gasteiger partial charge >= 0.3 is 0 Å². The van der Waals surface area contributed by atoms with Crippen molar-refractivity contribution in [2.75, 3.05) is 21.3 Å².